The summed E-state index contributed by atoms with van der Waals surface area (Å²) in [5.74, 6) is 0.0191. The van der Waals surface area contributed by atoms with E-state index >= 15 is 0 Å². The number of hydrogen-bond donors (Lipinski definition) is 5. The number of piperazine rings is 2. The summed E-state index contributed by atoms with van der Waals surface area (Å²) >= 11 is 0. The van der Waals surface area contributed by atoms with E-state index in [-0.39, 0.29) is 126 Å². The molecule has 0 bridgehead atoms. The molecule has 4 aromatic heterocycles. The van der Waals surface area contributed by atoms with E-state index in [0.29, 0.717) is 30.2 Å². The van der Waals surface area contributed by atoms with Crippen LogP contribution < -0.4 is 16.0 Å². The number of benzene rings is 6. The first kappa shape index (κ1) is 74.2. The molecule has 10 aromatic rings. The number of hydrogen-bond acceptors (Lipinski definition) is 19. The Morgan fingerprint density at radius 2 is 1.02 bits per heavy atom. The van der Waals surface area contributed by atoms with Crippen LogP contribution in [-0.2, 0) is 76.0 Å². The van der Waals surface area contributed by atoms with Gasteiger partial charge in [-0.25, -0.2) is 24.4 Å². The van der Waals surface area contributed by atoms with Crippen molar-refractivity contribution in [1.82, 2.24) is 80.8 Å². The van der Waals surface area contributed by atoms with Gasteiger partial charge in [-0.3, -0.25) is 34.0 Å². The minimum Gasteiger partial charge on any atom is -0.508 e. The van der Waals surface area contributed by atoms with Crippen molar-refractivity contribution in [3.8, 4) is 11.5 Å². The summed E-state index contributed by atoms with van der Waals surface area (Å²) in [5.41, 5.74) is 7.40. The molecule has 6 aromatic carbocycles. The number of aromatic nitrogens is 4. The maximum Gasteiger partial charge on any atom is 0.410 e. The van der Waals surface area contributed by atoms with Crippen LogP contribution in [0.3, 0.4) is 0 Å². The van der Waals surface area contributed by atoms with Crippen molar-refractivity contribution in [2.75, 3.05) is 39.3 Å². The van der Waals surface area contributed by atoms with Gasteiger partial charge in [-0.15, -0.1) is 0 Å². The number of likely N-dealkylation sites (tertiary alicyclic amines) is 1. The van der Waals surface area contributed by atoms with Crippen LogP contribution in [0.2, 0.25) is 0 Å². The molecule has 16 rings (SSSR count). The van der Waals surface area contributed by atoms with E-state index in [4.69, 9.17) is 13.8 Å². The Kier molecular flexibility index (Phi) is 21.7. The number of nitrogens with zero attached hydrogens (tertiary/aromatic N) is 13. The number of fused-ring (bicyclic) bond motifs is 4. The van der Waals surface area contributed by atoms with Gasteiger partial charge in [0.25, 0.3) is 0 Å². The third kappa shape index (κ3) is 16.7. The maximum atomic E-state index is 14.7. The molecule has 0 spiro atoms. The average Bonchev–Trinajstić information content (AvgIpc) is 0.933. The molecule has 6 atom stereocenters. The summed E-state index contributed by atoms with van der Waals surface area (Å²) in [7, 11) is 0. The van der Waals surface area contributed by atoms with Crippen LogP contribution in [0.4, 0.5) is 14.4 Å². The number of pyridine rings is 2. The number of hydrazine groups is 2. The zero-order valence-corrected chi connectivity index (χ0v) is 62.0. The quantitative estimate of drug-likeness (QED) is 0.0533. The Balaban J connectivity index is 0.000000177. The number of phenolic OH excluding ortho intramolecular Hbond substituents is 2. The smallest absolute Gasteiger partial charge is 0.410 e. The van der Waals surface area contributed by atoms with Crippen LogP contribution >= 0.6 is 0 Å². The predicted octanol–water partition coefficient (Wildman–Crippen LogP) is 9.85. The Bertz CT molecular complexity index is 5010. The molecule has 6 aliphatic heterocycles. The summed E-state index contributed by atoms with van der Waals surface area (Å²) in [6.45, 7) is 7.73. The molecule has 0 aliphatic carbocycles. The molecule has 572 valence electrons. The van der Waals surface area contributed by atoms with Gasteiger partial charge in [-0.05, 0) is 135 Å². The van der Waals surface area contributed by atoms with Crippen LogP contribution in [0, 0.1) is 0 Å². The van der Waals surface area contributed by atoms with Crippen LogP contribution in [0.1, 0.15) is 115 Å². The Morgan fingerprint density at radius 3 is 1.49 bits per heavy atom. The molecular formula is C83H88N16O12. The zero-order chi connectivity index (χ0) is 76.9. The topological polar surface area (TPSA) is 312 Å². The fraction of sp³-hybridized carbons (Fsp3) is 0.337. The lowest BCUT2D eigenvalue weighted by Crippen LogP contribution is -2.76. The number of urea groups is 2. The summed E-state index contributed by atoms with van der Waals surface area (Å²) in [6, 6.07) is 52.3. The molecule has 6 aliphatic rings. The van der Waals surface area contributed by atoms with Crippen molar-refractivity contribution in [2.24, 2.45) is 0 Å². The van der Waals surface area contributed by atoms with Gasteiger partial charge in [0.1, 0.15) is 52.9 Å². The van der Waals surface area contributed by atoms with E-state index in [0.717, 1.165) is 86.7 Å². The summed E-state index contributed by atoms with van der Waals surface area (Å²) in [5, 5.41) is 46.5. The first-order chi connectivity index (χ1) is 53.8. The van der Waals surface area contributed by atoms with E-state index in [1.54, 1.807) is 102 Å². The second-order valence-corrected chi connectivity index (χ2v) is 29.8. The lowest BCUT2D eigenvalue weighted by Gasteiger charge is -2.55. The molecule has 28 nitrogen and oxygen atoms in total. The summed E-state index contributed by atoms with van der Waals surface area (Å²) in [4.78, 5) is 117. The van der Waals surface area contributed by atoms with Crippen LogP contribution in [-0.4, -0.2) is 186 Å². The van der Waals surface area contributed by atoms with Gasteiger partial charge in [-0.1, -0.05) is 132 Å². The Hall–Kier alpha value is -12.3. The number of carbonyl (C=O) groups is 7. The third-order valence-corrected chi connectivity index (χ3v) is 21.0. The van der Waals surface area contributed by atoms with E-state index < -0.39 is 48.2 Å². The SMILES string of the molecule is CC(C)(C)OC(=O)N1CCCC1c1cc(CN2CC(=O)N3[C@@H](Cc4ccc(O)cc4)C(=O)N(Cc4cccc5ncccc45)C[C@@H]3N2C(=O)NCc2ccccc2)on1.O=C1[C@H](Cc2ccc(O)cc2)N2C(=O)CN(Cc3cc(C4CCCN4)no3)N(C(=O)NCc3ccccc3)[C@H]2CN1Cc1cccc2ncccc12. The predicted molar refractivity (Wildman–Crippen MR) is 407 cm³/mol. The average molecular weight is 1500 g/mol. The number of nitrogens with one attached hydrogen (secondary N) is 3. The van der Waals surface area contributed by atoms with Crippen molar-refractivity contribution in [1.29, 1.82) is 0 Å². The first-order valence-corrected chi connectivity index (χ1v) is 37.6. The van der Waals surface area contributed by atoms with Gasteiger partial charge in [-0.2, -0.15) is 10.0 Å². The number of carbonyl (C=O) groups excluding carboxylic acids is 7. The lowest BCUT2D eigenvalue weighted by molar-refractivity contribution is -0.193. The zero-order valence-electron chi connectivity index (χ0n) is 62.0. The molecule has 0 saturated carbocycles. The highest BCUT2D eigenvalue weighted by Gasteiger charge is 2.54. The summed E-state index contributed by atoms with van der Waals surface area (Å²) < 4.78 is 17.3. The van der Waals surface area contributed by atoms with Crippen molar-refractivity contribution >= 4 is 63.6 Å². The standard InChI is InChI=1S/C44H48N8O7.C39H40N8O5/c1-44(2,3)58-43(57)50-21-9-15-37(50)36-23-33(59-47-36)26-49-28-40(54)51-38(22-29-16-18-32(53)19-17-29)41(55)48(25-31-12-7-14-35-34(31)13-8-20-45-35)27-39(51)52(49)42(56)46-24-30-10-5-4-6-11-30;48-29-15-13-26(14-16-29)19-35-38(50)44(22-28-9-4-11-32-31(28)10-5-17-40-32)24-36-46(35)37(49)25-45(23-30-20-34(43-52-30)33-12-6-18-41-33)47(36)39(51)42-21-27-7-2-1-3-8-27/h4-8,10-14,16-20,23,37-39,53H,9,15,21-22,24-28H2,1-3H3,(H,46,56);1-5,7-11,13-17,20,33,35-36,41,48H,6,12,18-19,21-25H2,(H,42,51)/t37?,38-,39-;33?,35-,36-/m00/s1. The highest BCUT2D eigenvalue weighted by Crippen LogP contribution is 2.37. The molecule has 28 heteroatoms. The van der Waals surface area contributed by atoms with Gasteiger partial charge in [0, 0.05) is 80.9 Å². The second kappa shape index (κ2) is 32.5. The molecule has 9 amide bonds. The Labute approximate surface area is 641 Å². The fourth-order valence-electron chi connectivity index (χ4n) is 15.8. The highest BCUT2D eigenvalue weighted by atomic mass is 16.6. The minimum atomic E-state index is -0.955. The third-order valence-electron chi connectivity index (χ3n) is 21.0. The van der Waals surface area contributed by atoms with Gasteiger partial charge < -0.3 is 59.5 Å². The van der Waals surface area contributed by atoms with Crippen LogP contribution in [0.25, 0.3) is 21.8 Å². The molecule has 0 radical (unpaired) electrons. The van der Waals surface area contributed by atoms with Gasteiger partial charge >= 0.3 is 18.2 Å². The molecule has 6 saturated heterocycles. The number of amides is 9. The number of rotatable bonds is 18. The van der Waals surface area contributed by atoms with Crippen LogP contribution in [0.15, 0.2) is 203 Å². The molecule has 6 fully saturated rings. The van der Waals surface area contributed by atoms with E-state index in [1.165, 1.54) is 9.91 Å². The molecular weight excluding hydrogens is 1410 g/mol. The van der Waals surface area contributed by atoms with Crippen molar-refractivity contribution in [3.63, 3.8) is 0 Å². The number of phenols is 2. The molecule has 10 heterocycles. The Morgan fingerprint density at radius 1 is 0.541 bits per heavy atom. The first-order valence-electron chi connectivity index (χ1n) is 37.6. The molecule has 111 heavy (non-hydrogen) atoms. The number of aromatic hydroxyl groups is 2. The van der Waals surface area contributed by atoms with Gasteiger partial charge in [0.15, 0.2) is 11.5 Å². The fourth-order valence-corrected chi connectivity index (χ4v) is 15.8. The molecule has 5 N–H and O–H groups in total. The van der Waals surface area contributed by atoms with Gasteiger partial charge in [0.05, 0.1) is 62.4 Å². The van der Waals surface area contributed by atoms with Crippen molar-refractivity contribution in [3.05, 3.63) is 251 Å². The molecule has 2 unspecified atom stereocenters. The second-order valence-electron chi connectivity index (χ2n) is 29.8. The van der Waals surface area contributed by atoms with E-state index in [2.05, 4.69) is 36.2 Å². The van der Waals surface area contributed by atoms with Crippen molar-refractivity contribution in [2.45, 2.75) is 141 Å². The van der Waals surface area contributed by atoms with E-state index in [1.807, 2.05) is 148 Å². The normalized spacial score (nSPS) is 20.3. The summed E-state index contributed by atoms with van der Waals surface area (Å²) in [6.07, 6.45) is 5.12. The minimum absolute atomic E-state index is 0.00651. The maximum absolute atomic E-state index is 14.7. The number of ether oxygens (including phenoxy) is 1. The monoisotopic (exact) mass is 1500 g/mol. The highest BCUT2D eigenvalue weighted by molar-refractivity contribution is 5.94. The van der Waals surface area contributed by atoms with Gasteiger partial charge in [0.2, 0.25) is 23.6 Å². The van der Waals surface area contributed by atoms with E-state index in [9.17, 15) is 43.8 Å². The lowest BCUT2D eigenvalue weighted by atomic mass is 9.98. The van der Waals surface area contributed by atoms with Crippen molar-refractivity contribution < 1.29 is 57.6 Å². The largest absolute Gasteiger partial charge is 0.508 e. The van der Waals surface area contributed by atoms with Crippen LogP contribution in [0.5, 0.6) is 11.5 Å².